The highest BCUT2D eigenvalue weighted by atomic mass is 19.1. The summed E-state index contributed by atoms with van der Waals surface area (Å²) in [6.45, 7) is 4.99. The summed E-state index contributed by atoms with van der Waals surface area (Å²) in [7, 11) is 0. The van der Waals surface area contributed by atoms with Gasteiger partial charge in [0.25, 0.3) is 5.91 Å². The molecule has 2 amide bonds. The van der Waals surface area contributed by atoms with Crippen LogP contribution in [0.5, 0.6) is 0 Å². The zero-order chi connectivity index (χ0) is 25.2. The summed E-state index contributed by atoms with van der Waals surface area (Å²) >= 11 is 0. The molecule has 3 aromatic rings. The number of rotatable bonds is 4. The molecule has 180 valence electrons. The van der Waals surface area contributed by atoms with Gasteiger partial charge in [-0.25, -0.2) is 14.2 Å². The molecule has 1 atom stereocenters. The van der Waals surface area contributed by atoms with Crippen LogP contribution < -0.4 is 14.9 Å². The van der Waals surface area contributed by atoms with Crippen molar-refractivity contribution in [1.29, 1.82) is 0 Å². The van der Waals surface area contributed by atoms with Crippen LogP contribution in [-0.2, 0) is 16.1 Å². The number of carbonyl (C=O) groups is 2. The molecule has 8 nitrogen and oxygen atoms in total. The van der Waals surface area contributed by atoms with Crippen molar-refractivity contribution in [3.05, 3.63) is 101 Å². The van der Waals surface area contributed by atoms with Crippen LogP contribution in [0.1, 0.15) is 37.6 Å². The summed E-state index contributed by atoms with van der Waals surface area (Å²) in [5, 5.41) is 14.9. The van der Waals surface area contributed by atoms with Gasteiger partial charge in [0.05, 0.1) is 11.4 Å². The van der Waals surface area contributed by atoms with Crippen molar-refractivity contribution in [2.75, 3.05) is 4.90 Å². The van der Waals surface area contributed by atoms with Gasteiger partial charge in [0.1, 0.15) is 18.0 Å². The largest absolute Gasteiger partial charge is 0.618 e. The highest BCUT2D eigenvalue weighted by Gasteiger charge is 2.35. The molecule has 9 heteroatoms. The molecule has 1 aliphatic heterocycles. The lowest BCUT2D eigenvalue weighted by Crippen LogP contribution is -2.49. The summed E-state index contributed by atoms with van der Waals surface area (Å²) in [5.41, 5.74) is 0.769. The predicted molar refractivity (Wildman–Crippen MR) is 128 cm³/mol. The fraction of sp³-hybridized carbons (Fsp3) is 0.231. The number of amides is 2. The number of hydrogen-bond acceptors (Lipinski definition) is 5. The zero-order valence-corrected chi connectivity index (χ0v) is 19.6. The molecule has 4 rings (SSSR count). The quantitative estimate of drug-likeness (QED) is 0.459. The molecule has 35 heavy (non-hydrogen) atoms. The van der Waals surface area contributed by atoms with Gasteiger partial charge in [0, 0.05) is 23.3 Å². The van der Waals surface area contributed by atoms with E-state index in [0.29, 0.717) is 21.7 Å². The maximum absolute atomic E-state index is 14.9. The van der Waals surface area contributed by atoms with Gasteiger partial charge in [-0.2, -0.15) is 4.73 Å². The average molecular weight is 477 g/mol. The van der Waals surface area contributed by atoms with Crippen LogP contribution in [-0.4, -0.2) is 29.5 Å². The Hall–Kier alpha value is -4.27. The minimum atomic E-state index is -1.42. The van der Waals surface area contributed by atoms with Gasteiger partial charge < -0.3 is 9.94 Å². The molecule has 0 saturated heterocycles. The molecule has 0 radical (unpaired) electrons. The number of anilines is 1. The van der Waals surface area contributed by atoms with Gasteiger partial charge in [-0.3, -0.25) is 15.0 Å². The number of benzodiazepines with no additional fused rings is 1. The molecule has 0 spiro atoms. The minimum Gasteiger partial charge on any atom is -0.618 e. The smallest absolute Gasteiger partial charge is 0.409 e. The van der Waals surface area contributed by atoms with Crippen LogP contribution in [0.3, 0.4) is 0 Å². The van der Waals surface area contributed by atoms with Gasteiger partial charge in [0.15, 0.2) is 6.20 Å². The second-order valence-electron chi connectivity index (χ2n) is 8.97. The first-order valence-corrected chi connectivity index (χ1v) is 11.0. The lowest BCUT2D eigenvalue weighted by molar-refractivity contribution is -0.613. The van der Waals surface area contributed by atoms with Gasteiger partial charge in [-0.15, -0.1) is 0 Å². The molecule has 0 aliphatic carbocycles. The number of nitrogens with zero attached hydrogens (tertiary/aromatic N) is 3. The number of carbonyl (C=O) groups excluding carboxylic acids is 2. The number of hydrogen-bond donors (Lipinski definition) is 1. The van der Waals surface area contributed by atoms with Gasteiger partial charge in [-0.05, 0) is 45.0 Å². The molecule has 1 aromatic heterocycles. The maximum Gasteiger partial charge on any atom is 0.409 e. The van der Waals surface area contributed by atoms with Crippen LogP contribution in [0.4, 0.5) is 14.9 Å². The number of benzene rings is 2. The van der Waals surface area contributed by atoms with Gasteiger partial charge in [0.2, 0.25) is 11.9 Å². The summed E-state index contributed by atoms with van der Waals surface area (Å²) in [6, 6.07) is 17.8. The number of nitrogens with one attached hydrogen (secondary N) is 1. The Labute approximate surface area is 202 Å². The number of ether oxygens (including phenoxy) is 1. The first-order chi connectivity index (χ1) is 16.6. The molecule has 2 aromatic carbocycles. The summed E-state index contributed by atoms with van der Waals surface area (Å²) < 4.78 is 20.9. The van der Waals surface area contributed by atoms with E-state index in [1.54, 1.807) is 81.4 Å². The average Bonchev–Trinajstić information content (AvgIpc) is 2.90. The van der Waals surface area contributed by atoms with Gasteiger partial charge >= 0.3 is 6.09 Å². The van der Waals surface area contributed by atoms with E-state index in [-0.39, 0.29) is 17.8 Å². The second-order valence-corrected chi connectivity index (χ2v) is 8.97. The molecular formula is C26H25FN4O4. The van der Waals surface area contributed by atoms with Crippen LogP contribution in [0.15, 0.2) is 77.9 Å². The molecule has 1 aliphatic rings. The third-order valence-electron chi connectivity index (χ3n) is 5.21. The molecule has 1 N–H and O–H groups in total. The Morgan fingerprint density at radius 3 is 2.43 bits per heavy atom. The summed E-state index contributed by atoms with van der Waals surface area (Å²) in [5.74, 6) is -1.13. The fourth-order valence-corrected chi connectivity index (χ4v) is 3.72. The highest BCUT2D eigenvalue weighted by Crippen LogP contribution is 2.30. The topological polar surface area (TPSA) is 97.9 Å². The number of para-hydroxylation sites is 1. The second kappa shape index (κ2) is 9.54. The Kier molecular flexibility index (Phi) is 6.50. The van der Waals surface area contributed by atoms with Crippen LogP contribution in [0.25, 0.3) is 0 Å². The summed E-state index contributed by atoms with van der Waals surface area (Å²) in [4.78, 5) is 32.2. The number of pyridine rings is 1. The summed E-state index contributed by atoms with van der Waals surface area (Å²) in [6.07, 6.45) is -0.936. The number of halogens is 1. The SMILES string of the molecule is CC(C)(C)OC(=O)NC1N=C(c2ccccc2F)c2ccccc2N(Cc2cccc[n+]2[O-])C1=O. The Balaban J connectivity index is 1.85. The third-order valence-corrected chi connectivity index (χ3v) is 5.21. The van der Waals surface area contributed by atoms with Crippen molar-refractivity contribution < 1.29 is 23.4 Å². The number of fused-ring (bicyclic) bond motifs is 1. The molecule has 1 unspecified atom stereocenters. The fourth-order valence-electron chi connectivity index (χ4n) is 3.72. The van der Waals surface area contributed by atoms with E-state index >= 15 is 0 Å². The zero-order valence-electron chi connectivity index (χ0n) is 19.6. The predicted octanol–water partition coefficient (Wildman–Crippen LogP) is 3.69. The van der Waals surface area contributed by atoms with E-state index < -0.39 is 29.6 Å². The van der Waals surface area contributed by atoms with Crippen molar-refractivity contribution in [2.45, 2.75) is 39.1 Å². The van der Waals surface area contributed by atoms with Gasteiger partial charge in [-0.1, -0.05) is 30.3 Å². The molecular weight excluding hydrogens is 451 g/mol. The highest BCUT2D eigenvalue weighted by molar-refractivity contribution is 6.20. The minimum absolute atomic E-state index is 0.0905. The number of aliphatic imine (C=N–C) groups is 1. The monoisotopic (exact) mass is 476 g/mol. The van der Waals surface area contributed by atoms with Crippen LogP contribution in [0, 0.1) is 11.0 Å². The van der Waals surface area contributed by atoms with E-state index in [4.69, 9.17) is 4.74 Å². The lowest BCUT2D eigenvalue weighted by Gasteiger charge is -2.25. The Morgan fingerprint density at radius 2 is 1.74 bits per heavy atom. The van der Waals surface area contributed by atoms with E-state index in [1.165, 1.54) is 17.2 Å². The van der Waals surface area contributed by atoms with Crippen LogP contribution in [0.2, 0.25) is 0 Å². The van der Waals surface area contributed by atoms with E-state index in [2.05, 4.69) is 10.3 Å². The van der Waals surface area contributed by atoms with Crippen LogP contribution >= 0.6 is 0 Å². The third kappa shape index (κ3) is 5.29. The lowest BCUT2D eigenvalue weighted by atomic mass is 9.99. The first-order valence-electron chi connectivity index (χ1n) is 11.0. The standard InChI is InChI=1S/C26H25FN4O4/c1-26(2,3)35-25(33)29-23-24(32)30(16-17-10-8-9-15-31(17)34)21-14-7-5-12-19(21)22(28-23)18-11-4-6-13-20(18)27/h4-15,23H,16H2,1-3H3,(H,29,33). The van der Waals surface area contributed by atoms with Crippen molar-refractivity contribution in [2.24, 2.45) is 4.99 Å². The van der Waals surface area contributed by atoms with Crippen molar-refractivity contribution in [3.8, 4) is 0 Å². The number of aromatic nitrogens is 1. The molecule has 2 heterocycles. The van der Waals surface area contributed by atoms with E-state index in [0.717, 1.165) is 0 Å². The van der Waals surface area contributed by atoms with Crippen molar-refractivity contribution in [1.82, 2.24) is 5.32 Å². The normalized spacial score (nSPS) is 15.7. The Morgan fingerprint density at radius 1 is 1.09 bits per heavy atom. The molecule has 0 saturated carbocycles. The van der Waals surface area contributed by atoms with Crippen molar-refractivity contribution in [3.63, 3.8) is 0 Å². The van der Waals surface area contributed by atoms with E-state index in [1.807, 2.05) is 0 Å². The number of alkyl carbamates (subject to hydrolysis) is 1. The molecule has 0 fully saturated rings. The van der Waals surface area contributed by atoms with Crippen molar-refractivity contribution >= 4 is 23.4 Å². The maximum atomic E-state index is 14.9. The molecule has 0 bridgehead atoms. The first kappa shape index (κ1) is 23.9. The van der Waals surface area contributed by atoms with E-state index in [9.17, 15) is 19.2 Å². The Bertz CT molecular complexity index is 1300.